The number of nitrogens with zero attached hydrogens (tertiary/aromatic N) is 4. The van der Waals surface area contributed by atoms with Crippen molar-refractivity contribution in [3.8, 4) is 45.1 Å². The molecule has 7 aromatic carbocycles. The molecule has 0 bridgehead atoms. The van der Waals surface area contributed by atoms with Crippen molar-refractivity contribution in [1.29, 1.82) is 0 Å². The van der Waals surface area contributed by atoms with Gasteiger partial charge in [0.15, 0.2) is 5.82 Å². The molecular formula is C49H34N4. The zero-order valence-corrected chi connectivity index (χ0v) is 29.5. The van der Waals surface area contributed by atoms with Crippen molar-refractivity contribution in [3.63, 3.8) is 0 Å². The Balaban J connectivity index is 1.05. The lowest BCUT2D eigenvalue weighted by Crippen LogP contribution is -2.14. The van der Waals surface area contributed by atoms with E-state index in [1.807, 2.05) is 0 Å². The molecule has 0 amide bonds. The lowest BCUT2D eigenvalue weighted by atomic mass is 9.82. The van der Waals surface area contributed by atoms with E-state index in [-0.39, 0.29) is 5.41 Å². The summed E-state index contributed by atoms with van der Waals surface area (Å²) in [4.78, 5) is 10.4. The van der Waals surface area contributed by atoms with Crippen molar-refractivity contribution < 1.29 is 0 Å². The number of hydrogen-bond donors (Lipinski definition) is 0. The fraction of sp³-hybridized carbons (Fsp3) is 0.0612. The Labute approximate surface area is 307 Å². The minimum Gasteiger partial charge on any atom is -0.316 e. The quantitative estimate of drug-likeness (QED) is 0.186. The van der Waals surface area contributed by atoms with Crippen LogP contribution in [0.15, 0.2) is 170 Å². The Morgan fingerprint density at radius 3 is 2.06 bits per heavy atom. The first kappa shape index (κ1) is 29.9. The molecule has 3 aromatic heterocycles. The molecule has 4 nitrogen and oxygen atoms in total. The molecule has 0 aliphatic heterocycles. The Morgan fingerprint density at radius 1 is 0.472 bits per heavy atom. The van der Waals surface area contributed by atoms with Gasteiger partial charge < -0.3 is 9.13 Å². The molecule has 0 unspecified atom stereocenters. The van der Waals surface area contributed by atoms with E-state index in [9.17, 15) is 0 Å². The molecular weight excluding hydrogens is 645 g/mol. The first-order valence-corrected chi connectivity index (χ1v) is 18.3. The topological polar surface area (TPSA) is 35.6 Å². The van der Waals surface area contributed by atoms with Crippen LogP contribution in [-0.4, -0.2) is 19.1 Å². The van der Waals surface area contributed by atoms with Gasteiger partial charge in [-0.05, 0) is 89.0 Å². The van der Waals surface area contributed by atoms with Crippen molar-refractivity contribution in [2.24, 2.45) is 0 Å². The standard InChI is InChI=1S/C49H34N4/c1-49(2)41-17-9-6-14-35(41)36-25-22-32(30-42(36)49)46-39-16-7-10-18-43(39)50-48(51-46)31-20-23-34(24-21-31)53-45-19-11-8-15-37(45)38-26-27-44-40(47(38)53)28-29-52(44)33-12-4-3-5-13-33/h3-30H,1-2H3. The number of rotatable bonds is 4. The van der Waals surface area contributed by atoms with Gasteiger partial charge in [-0.3, -0.25) is 0 Å². The van der Waals surface area contributed by atoms with E-state index in [0.717, 1.165) is 44.9 Å². The largest absolute Gasteiger partial charge is 0.316 e. The van der Waals surface area contributed by atoms with Crippen molar-refractivity contribution in [3.05, 3.63) is 181 Å². The van der Waals surface area contributed by atoms with E-state index in [0.29, 0.717) is 0 Å². The Morgan fingerprint density at radius 2 is 1.19 bits per heavy atom. The van der Waals surface area contributed by atoms with Gasteiger partial charge in [0, 0.05) is 55.7 Å². The van der Waals surface area contributed by atoms with E-state index in [4.69, 9.17) is 9.97 Å². The molecule has 0 atom stereocenters. The summed E-state index contributed by atoms with van der Waals surface area (Å²) < 4.78 is 4.68. The second kappa shape index (κ2) is 11.1. The SMILES string of the molecule is CC1(C)c2ccccc2-c2ccc(-c3nc(-c4ccc(-n5c6ccccc6c6ccc7c(ccn7-c7ccccc7)c65)cc4)nc4ccccc34)cc21. The molecule has 0 radical (unpaired) electrons. The van der Waals surface area contributed by atoms with Gasteiger partial charge >= 0.3 is 0 Å². The van der Waals surface area contributed by atoms with Gasteiger partial charge in [-0.1, -0.05) is 111 Å². The smallest absolute Gasteiger partial charge is 0.160 e. The summed E-state index contributed by atoms with van der Waals surface area (Å²) >= 11 is 0. The van der Waals surface area contributed by atoms with Crippen LogP contribution in [-0.2, 0) is 5.41 Å². The normalized spacial score (nSPS) is 13.2. The van der Waals surface area contributed by atoms with Crippen LogP contribution < -0.4 is 0 Å². The van der Waals surface area contributed by atoms with Gasteiger partial charge in [0.05, 0.1) is 27.8 Å². The predicted octanol–water partition coefficient (Wildman–Crippen LogP) is 12.3. The van der Waals surface area contributed by atoms with E-state index in [1.54, 1.807) is 0 Å². The lowest BCUT2D eigenvalue weighted by molar-refractivity contribution is 0.660. The summed E-state index contributed by atoms with van der Waals surface area (Å²) in [6.45, 7) is 4.65. The molecule has 1 aliphatic rings. The van der Waals surface area contributed by atoms with Crippen LogP contribution in [0.2, 0.25) is 0 Å². The maximum atomic E-state index is 5.31. The van der Waals surface area contributed by atoms with Gasteiger partial charge in [-0.15, -0.1) is 0 Å². The molecule has 250 valence electrons. The number of benzene rings is 7. The Hall–Kier alpha value is -6.78. The van der Waals surface area contributed by atoms with Gasteiger partial charge in [-0.25, -0.2) is 9.97 Å². The number of para-hydroxylation sites is 3. The molecule has 10 aromatic rings. The molecule has 0 fully saturated rings. The summed E-state index contributed by atoms with van der Waals surface area (Å²) in [5.74, 6) is 0.720. The molecule has 0 saturated carbocycles. The van der Waals surface area contributed by atoms with Gasteiger partial charge in [-0.2, -0.15) is 0 Å². The second-order valence-corrected chi connectivity index (χ2v) is 14.7. The minimum absolute atomic E-state index is 0.0913. The predicted molar refractivity (Wildman–Crippen MR) is 219 cm³/mol. The van der Waals surface area contributed by atoms with Crippen molar-refractivity contribution in [2.45, 2.75) is 19.3 Å². The van der Waals surface area contributed by atoms with Gasteiger partial charge in [0.25, 0.3) is 0 Å². The highest BCUT2D eigenvalue weighted by atomic mass is 15.0. The first-order chi connectivity index (χ1) is 26.0. The van der Waals surface area contributed by atoms with Crippen LogP contribution in [0.4, 0.5) is 0 Å². The summed E-state index contributed by atoms with van der Waals surface area (Å²) in [5.41, 5.74) is 15.1. The molecule has 3 heterocycles. The highest BCUT2D eigenvalue weighted by Crippen LogP contribution is 2.49. The molecule has 4 heteroatoms. The van der Waals surface area contributed by atoms with Crippen molar-refractivity contribution in [1.82, 2.24) is 19.1 Å². The fourth-order valence-electron chi connectivity index (χ4n) is 8.80. The Bertz CT molecular complexity index is 3070. The fourth-order valence-corrected chi connectivity index (χ4v) is 8.80. The summed E-state index contributed by atoms with van der Waals surface area (Å²) in [7, 11) is 0. The van der Waals surface area contributed by atoms with Crippen LogP contribution in [0.25, 0.3) is 88.8 Å². The molecule has 0 N–H and O–H groups in total. The average molecular weight is 679 g/mol. The molecule has 0 saturated heterocycles. The monoisotopic (exact) mass is 678 g/mol. The van der Waals surface area contributed by atoms with Crippen LogP contribution in [0.5, 0.6) is 0 Å². The number of fused-ring (bicyclic) bond motifs is 9. The summed E-state index contributed by atoms with van der Waals surface area (Å²) in [6.07, 6.45) is 2.18. The third kappa shape index (κ3) is 4.36. The second-order valence-electron chi connectivity index (χ2n) is 14.7. The van der Waals surface area contributed by atoms with E-state index < -0.39 is 0 Å². The highest BCUT2D eigenvalue weighted by Gasteiger charge is 2.35. The number of aromatic nitrogens is 4. The van der Waals surface area contributed by atoms with E-state index >= 15 is 0 Å². The van der Waals surface area contributed by atoms with E-state index in [1.165, 1.54) is 55.0 Å². The van der Waals surface area contributed by atoms with Crippen LogP contribution in [0, 0.1) is 0 Å². The third-order valence-corrected chi connectivity index (χ3v) is 11.4. The van der Waals surface area contributed by atoms with Gasteiger partial charge in [0.2, 0.25) is 0 Å². The molecule has 53 heavy (non-hydrogen) atoms. The van der Waals surface area contributed by atoms with Crippen LogP contribution in [0.3, 0.4) is 0 Å². The number of hydrogen-bond acceptors (Lipinski definition) is 2. The van der Waals surface area contributed by atoms with Crippen molar-refractivity contribution >= 4 is 43.6 Å². The first-order valence-electron chi connectivity index (χ1n) is 18.3. The maximum absolute atomic E-state index is 5.31. The van der Waals surface area contributed by atoms with Gasteiger partial charge in [0.1, 0.15) is 0 Å². The zero-order chi connectivity index (χ0) is 35.3. The molecule has 11 rings (SSSR count). The van der Waals surface area contributed by atoms with Crippen molar-refractivity contribution in [2.75, 3.05) is 0 Å². The van der Waals surface area contributed by atoms with E-state index in [2.05, 4.69) is 193 Å². The lowest BCUT2D eigenvalue weighted by Gasteiger charge is -2.22. The molecule has 1 aliphatic carbocycles. The highest BCUT2D eigenvalue weighted by molar-refractivity contribution is 6.18. The zero-order valence-electron chi connectivity index (χ0n) is 29.5. The minimum atomic E-state index is -0.0913. The summed E-state index contributed by atoms with van der Waals surface area (Å²) in [6, 6.07) is 58.8. The molecule has 0 spiro atoms. The maximum Gasteiger partial charge on any atom is 0.160 e. The van der Waals surface area contributed by atoms with Crippen LogP contribution in [0.1, 0.15) is 25.0 Å². The third-order valence-electron chi connectivity index (χ3n) is 11.4. The average Bonchev–Trinajstić information content (AvgIpc) is 3.86. The van der Waals surface area contributed by atoms with Crippen LogP contribution >= 0.6 is 0 Å². The Kier molecular flexibility index (Phi) is 6.27. The summed E-state index contributed by atoms with van der Waals surface area (Å²) in [5, 5.41) is 4.75.